The zero-order chi connectivity index (χ0) is 13.3. The predicted octanol–water partition coefficient (Wildman–Crippen LogP) is 0.694. The summed E-state index contributed by atoms with van der Waals surface area (Å²) in [6, 6.07) is 6.83. The van der Waals surface area contributed by atoms with Gasteiger partial charge in [-0.25, -0.2) is 0 Å². The number of carbonyl (C=O) groups is 3. The van der Waals surface area contributed by atoms with Gasteiger partial charge in [0.05, 0.1) is 12.2 Å². The van der Waals surface area contributed by atoms with Gasteiger partial charge in [0.1, 0.15) is 6.54 Å². The number of nitrogens with zero attached hydrogens (tertiary/aromatic N) is 2. The van der Waals surface area contributed by atoms with Crippen molar-refractivity contribution in [3.05, 3.63) is 29.8 Å². The number of hydrogen-bond acceptors (Lipinski definition) is 3. The molecule has 5 nitrogen and oxygen atoms in total. The maximum absolute atomic E-state index is 11.9. The van der Waals surface area contributed by atoms with Crippen LogP contribution >= 0.6 is 0 Å². The first kappa shape index (κ1) is 12.3. The Morgan fingerprint density at radius 2 is 1.78 bits per heavy atom. The van der Waals surface area contributed by atoms with Crippen LogP contribution in [0, 0.1) is 0 Å². The zero-order valence-corrected chi connectivity index (χ0v) is 10.3. The molecule has 1 aliphatic heterocycles. The molecule has 5 heteroatoms. The third-order valence-corrected chi connectivity index (χ3v) is 2.97. The molecule has 1 fully saturated rings. The van der Waals surface area contributed by atoms with E-state index in [0.29, 0.717) is 11.3 Å². The van der Waals surface area contributed by atoms with Gasteiger partial charge >= 0.3 is 0 Å². The number of piperazine rings is 1. The summed E-state index contributed by atoms with van der Waals surface area (Å²) in [4.78, 5) is 37.9. The lowest BCUT2D eigenvalue weighted by Gasteiger charge is -2.32. The Morgan fingerprint density at radius 3 is 2.44 bits per heavy atom. The molecule has 1 aromatic carbocycles. The van der Waals surface area contributed by atoms with E-state index in [-0.39, 0.29) is 30.7 Å². The predicted molar refractivity (Wildman–Crippen MR) is 66.4 cm³/mol. The lowest BCUT2D eigenvalue weighted by Crippen LogP contribution is -2.52. The SMILES string of the molecule is CC(=O)c1ccccc1N1CC(=O)N(C)CC1=O. The normalized spacial score (nSPS) is 16.1. The van der Waals surface area contributed by atoms with Gasteiger partial charge < -0.3 is 9.80 Å². The van der Waals surface area contributed by atoms with Gasteiger partial charge in [0.2, 0.25) is 11.8 Å². The van der Waals surface area contributed by atoms with Crippen molar-refractivity contribution in [2.24, 2.45) is 0 Å². The van der Waals surface area contributed by atoms with Crippen molar-refractivity contribution in [1.82, 2.24) is 4.90 Å². The minimum Gasteiger partial charge on any atom is -0.335 e. The molecule has 0 N–H and O–H groups in total. The van der Waals surface area contributed by atoms with Crippen molar-refractivity contribution >= 4 is 23.3 Å². The van der Waals surface area contributed by atoms with Crippen LogP contribution in [-0.4, -0.2) is 42.6 Å². The highest BCUT2D eigenvalue weighted by atomic mass is 16.2. The van der Waals surface area contributed by atoms with Gasteiger partial charge in [-0.3, -0.25) is 14.4 Å². The maximum Gasteiger partial charge on any atom is 0.247 e. The molecular weight excluding hydrogens is 232 g/mol. The van der Waals surface area contributed by atoms with Crippen molar-refractivity contribution in [1.29, 1.82) is 0 Å². The summed E-state index contributed by atoms with van der Waals surface area (Å²) in [7, 11) is 1.59. The first-order valence-electron chi connectivity index (χ1n) is 5.65. The van der Waals surface area contributed by atoms with Crippen molar-refractivity contribution in [3.8, 4) is 0 Å². The van der Waals surface area contributed by atoms with Gasteiger partial charge in [0.25, 0.3) is 0 Å². The monoisotopic (exact) mass is 246 g/mol. The minimum atomic E-state index is -0.175. The molecule has 2 amide bonds. The molecule has 0 aliphatic carbocycles. The topological polar surface area (TPSA) is 57.7 Å². The van der Waals surface area contributed by atoms with Gasteiger partial charge in [-0.1, -0.05) is 12.1 Å². The Balaban J connectivity index is 2.40. The largest absolute Gasteiger partial charge is 0.335 e. The number of amides is 2. The molecule has 0 bridgehead atoms. The first-order chi connectivity index (χ1) is 8.50. The van der Waals surface area contributed by atoms with Crippen LogP contribution in [0.3, 0.4) is 0 Å². The summed E-state index contributed by atoms with van der Waals surface area (Å²) >= 11 is 0. The number of Topliss-reactive ketones (excluding diaryl/α,β-unsaturated/α-hetero) is 1. The van der Waals surface area contributed by atoms with Crippen molar-refractivity contribution < 1.29 is 14.4 Å². The highest BCUT2D eigenvalue weighted by molar-refractivity contribution is 6.09. The van der Waals surface area contributed by atoms with Crippen LogP contribution in [0.5, 0.6) is 0 Å². The van der Waals surface area contributed by atoms with Crippen LogP contribution in [0.2, 0.25) is 0 Å². The number of anilines is 1. The van der Waals surface area contributed by atoms with E-state index in [4.69, 9.17) is 0 Å². The maximum atomic E-state index is 11.9. The quantitative estimate of drug-likeness (QED) is 0.721. The van der Waals surface area contributed by atoms with E-state index in [1.165, 1.54) is 16.7 Å². The Labute approximate surface area is 105 Å². The Kier molecular flexibility index (Phi) is 3.14. The fraction of sp³-hybridized carbons (Fsp3) is 0.308. The molecule has 2 rings (SSSR count). The molecule has 1 saturated heterocycles. The van der Waals surface area contributed by atoms with Crippen LogP contribution in [0.25, 0.3) is 0 Å². The van der Waals surface area contributed by atoms with Crippen molar-refractivity contribution in [2.45, 2.75) is 6.92 Å². The number of ketones is 1. The van der Waals surface area contributed by atoms with Gasteiger partial charge in [-0.2, -0.15) is 0 Å². The minimum absolute atomic E-state index is 0.0143. The number of likely N-dealkylation sites (N-methyl/N-ethyl adjacent to an activating group) is 1. The average Bonchev–Trinajstić information content (AvgIpc) is 2.34. The molecule has 0 atom stereocenters. The summed E-state index contributed by atoms with van der Waals surface area (Å²) < 4.78 is 0. The second kappa shape index (κ2) is 4.60. The van der Waals surface area contributed by atoms with Crippen LogP contribution in [-0.2, 0) is 9.59 Å². The second-order valence-corrected chi connectivity index (χ2v) is 4.30. The van der Waals surface area contributed by atoms with Gasteiger partial charge in [-0.05, 0) is 19.1 Å². The summed E-state index contributed by atoms with van der Waals surface area (Å²) in [6.45, 7) is 1.48. The molecule has 0 spiro atoms. The molecule has 0 radical (unpaired) electrons. The van der Waals surface area contributed by atoms with E-state index in [2.05, 4.69) is 0 Å². The number of rotatable bonds is 2. The lowest BCUT2D eigenvalue weighted by atomic mass is 10.1. The highest BCUT2D eigenvalue weighted by Crippen LogP contribution is 2.22. The number of carbonyl (C=O) groups excluding carboxylic acids is 3. The standard InChI is InChI=1S/C13H14N2O3/c1-9(16)10-5-3-4-6-11(10)15-8-12(17)14(2)7-13(15)18/h3-6H,7-8H2,1-2H3. The summed E-state index contributed by atoms with van der Waals surface area (Å²) in [5.74, 6) is -0.427. The molecule has 0 unspecified atom stereocenters. The smallest absolute Gasteiger partial charge is 0.247 e. The van der Waals surface area contributed by atoms with E-state index >= 15 is 0 Å². The summed E-state index contributed by atoms with van der Waals surface area (Å²) in [6.07, 6.45) is 0. The van der Waals surface area contributed by atoms with Crippen LogP contribution in [0.4, 0.5) is 5.69 Å². The molecule has 1 heterocycles. The highest BCUT2D eigenvalue weighted by Gasteiger charge is 2.30. The lowest BCUT2D eigenvalue weighted by molar-refractivity contribution is -0.136. The van der Waals surface area contributed by atoms with E-state index in [0.717, 1.165) is 0 Å². The Bertz CT molecular complexity index is 525. The van der Waals surface area contributed by atoms with E-state index in [1.54, 1.807) is 31.3 Å². The van der Waals surface area contributed by atoms with Crippen molar-refractivity contribution in [2.75, 3.05) is 25.0 Å². The van der Waals surface area contributed by atoms with E-state index in [1.807, 2.05) is 0 Å². The molecule has 1 aliphatic rings. The number of hydrogen-bond donors (Lipinski definition) is 0. The molecule has 0 aromatic heterocycles. The Morgan fingerprint density at radius 1 is 1.11 bits per heavy atom. The van der Waals surface area contributed by atoms with E-state index < -0.39 is 0 Å². The fourth-order valence-electron chi connectivity index (χ4n) is 1.95. The molecule has 0 saturated carbocycles. The van der Waals surface area contributed by atoms with Crippen LogP contribution in [0.1, 0.15) is 17.3 Å². The van der Waals surface area contributed by atoms with E-state index in [9.17, 15) is 14.4 Å². The summed E-state index contributed by atoms with van der Waals surface area (Å²) in [5.41, 5.74) is 0.972. The number of benzene rings is 1. The first-order valence-corrected chi connectivity index (χ1v) is 5.65. The molecule has 1 aromatic rings. The second-order valence-electron chi connectivity index (χ2n) is 4.30. The fourth-order valence-corrected chi connectivity index (χ4v) is 1.95. The molecule has 94 valence electrons. The molecular formula is C13H14N2O3. The van der Waals surface area contributed by atoms with Gasteiger partial charge in [0.15, 0.2) is 5.78 Å². The van der Waals surface area contributed by atoms with Crippen LogP contribution < -0.4 is 4.90 Å². The molecule has 18 heavy (non-hydrogen) atoms. The number of para-hydroxylation sites is 1. The van der Waals surface area contributed by atoms with Gasteiger partial charge in [0, 0.05) is 12.6 Å². The third-order valence-electron chi connectivity index (χ3n) is 2.97. The van der Waals surface area contributed by atoms with Crippen molar-refractivity contribution in [3.63, 3.8) is 0 Å². The van der Waals surface area contributed by atoms with Crippen LogP contribution in [0.15, 0.2) is 24.3 Å². The average molecular weight is 246 g/mol. The Hall–Kier alpha value is -2.17. The van der Waals surface area contributed by atoms with Gasteiger partial charge in [-0.15, -0.1) is 0 Å². The zero-order valence-electron chi connectivity index (χ0n) is 10.3. The summed E-state index contributed by atoms with van der Waals surface area (Å²) in [5, 5.41) is 0. The third kappa shape index (κ3) is 2.11.